The molecule has 8 aromatic carbocycles. The van der Waals surface area contributed by atoms with E-state index in [-0.39, 0.29) is 160 Å². The van der Waals surface area contributed by atoms with Crippen molar-refractivity contribution in [3.05, 3.63) is 189 Å². The monoisotopic (exact) mass is 1810 g/mol. The largest absolute Gasteiger partial charge is 0.508 e. The number of aryl methyl sites for hydroxylation is 2. The van der Waals surface area contributed by atoms with Crippen LogP contribution in [-0.2, 0) is 0 Å². The van der Waals surface area contributed by atoms with Crippen molar-refractivity contribution in [3.8, 4) is 92.0 Å². The van der Waals surface area contributed by atoms with Crippen LogP contribution in [0.4, 0.5) is 35.1 Å². The molecule has 2 unspecified atom stereocenters. The third kappa shape index (κ3) is 42.9. The fraction of sp³-hybridized carbons (Fsp3) is 0.495. The van der Waals surface area contributed by atoms with Crippen molar-refractivity contribution < 1.29 is 155 Å². The molecule has 0 aliphatic rings. The number of aromatic hydroxyl groups is 8. The van der Waals surface area contributed by atoms with Crippen LogP contribution in [0.3, 0.4) is 0 Å². The molecular formula is C95H138F8O24. The van der Waals surface area contributed by atoms with Crippen LogP contribution in [0.5, 0.6) is 92.0 Å². The molecule has 32 heteroatoms. The van der Waals surface area contributed by atoms with Crippen molar-refractivity contribution in [3.63, 3.8) is 0 Å². The highest BCUT2D eigenvalue weighted by atomic mass is 19.2. The van der Waals surface area contributed by atoms with Crippen molar-refractivity contribution in [1.82, 2.24) is 0 Å². The molecule has 0 amide bonds. The Kier molecular flexibility index (Phi) is 60.2. The van der Waals surface area contributed by atoms with Crippen LogP contribution in [0.15, 0.2) is 127 Å². The summed E-state index contributed by atoms with van der Waals surface area (Å²) in [6.45, 7) is 20.8. The second-order valence-corrected chi connectivity index (χ2v) is 29.3. The van der Waals surface area contributed by atoms with E-state index in [4.69, 9.17) is 37.9 Å². The van der Waals surface area contributed by atoms with Gasteiger partial charge < -0.3 is 120 Å². The molecular weight excluding hydrogens is 1680 g/mol. The lowest BCUT2D eigenvalue weighted by Crippen LogP contribution is -2.06. The van der Waals surface area contributed by atoms with E-state index < -0.39 is 95.6 Å². The maximum atomic E-state index is 12.9. The smallest absolute Gasteiger partial charge is 0.203 e. The molecule has 0 fully saturated rings. The van der Waals surface area contributed by atoms with E-state index in [0.29, 0.717) is 87.6 Å². The Hall–Kier alpha value is -10.3. The van der Waals surface area contributed by atoms with Crippen LogP contribution in [0, 0.1) is 43.3 Å². The number of alkyl halides is 7. The Morgan fingerprint density at radius 2 is 0.543 bits per heavy atom. The molecule has 8 rings (SSSR count). The minimum atomic E-state index is -0.790. The first-order chi connectivity index (χ1) is 59.2. The number of phenols is 8. The number of ether oxygens (including phenoxy) is 8. The Morgan fingerprint density at radius 3 is 0.898 bits per heavy atom. The molecule has 0 saturated carbocycles. The van der Waals surface area contributed by atoms with Crippen LogP contribution in [-0.4, -0.2) is 182 Å². The maximum Gasteiger partial charge on any atom is 0.203 e. The van der Waals surface area contributed by atoms with Gasteiger partial charge in [-0.3, -0.25) is 0 Å². The standard InChI is InChI=1S/C13H19FO3.C12H17FO4.2C12H17FO3.C11H15FO4.2C11H15FO3.C11H15FO.2CH4/c1-4-11(15)10-7-9(2)13(17-6-5-14)12(8-10)16-3;1-7(2)11(16)8-5-9(14)12(10(15)6-8)17-4-3-13;1-8(2)12(15)9-5-10(14)7-11(6-9)16-4-3-13;1-8(2)12(15)9-3-4-11(10(14)7-9)16-6-5-13;1-2-8(13)7-5-9(14)11(10(15)6-7)16-4-3-12;1-2-11(14)8-5-9(13)7-10(6-8)15-4-3-12;1-2-9(13)8-3-4-11(10(14)7-8)15-6-5-12;1-7(2)11(13)9-4-5-10(12)8(3)6-9;;/h7-8,11,15H,4-6H2,1-3H3;5-7,11,14-16H,3-4H2,1-2H3;5-8,12,14-15H,3-4H2,1-2H3;3-4,7-8,12,14-15H,5-6H2,1-2H3;5-6,8,13-15H,2-4H2,1H3;5-7,11,13-14H,2-4H2,1H3;3-4,7,9,13-14H,2,5-6H2,1H3;4-7,11,13H,1-3H3;2*1H4/t11-;;2*12-;8-;11-;9-;;;/m0.00000.../s1. The number of aliphatic hydroxyl groups excluding tert-OH is 8. The molecule has 0 radical (unpaired) electrons. The van der Waals surface area contributed by atoms with E-state index in [1.165, 1.54) is 86.0 Å². The zero-order chi connectivity index (χ0) is 94.8. The average molecular weight is 1820 g/mol. The summed E-state index contributed by atoms with van der Waals surface area (Å²) in [5.41, 5.74) is 6.17. The zero-order valence-corrected chi connectivity index (χ0v) is 73.7. The molecule has 24 nitrogen and oxygen atoms in total. The molecule has 0 saturated heterocycles. The molecule has 0 bridgehead atoms. The number of hydrogen-bond acceptors (Lipinski definition) is 24. The predicted octanol–water partition coefficient (Wildman–Crippen LogP) is 20.1. The summed E-state index contributed by atoms with van der Waals surface area (Å²) in [7, 11) is 1.53. The minimum Gasteiger partial charge on any atom is -0.508 e. The lowest BCUT2D eigenvalue weighted by Gasteiger charge is -2.17. The third-order valence-corrected chi connectivity index (χ3v) is 17.9. The number of rotatable bonds is 38. The number of aliphatic hydroxyl groups is 8. The quantitative estimate of drug-likeness (QED) is 0.0160. The zero-order valence-electron chi connectivity index (χ0n) is 73.7. The number of phenolic OH excluding ortho intramolecular Hbond substituents is 8. The van der Waals surface area contributed by atoms with E-state index in [1.54, 1.807) is 56.3 Å². The van der Waals surface area contributed by atoms with Gasteiger partial charge in [0.15, 0.2) is 57.5 Å². The second-order valence-electron chi connectivity index (χ2n) is 29.3. The number of hydrogen-bond donors (Lipinski definition) is 16. The summed E-state index contributed by atoms with van der Waals surface area (Å²) in [4.78, 5) is 0. The van der Waals surface area contributed by atoms with Gasteiger partial charge in [-0.25, -0.2) is 35.1 Å². The van der Waals surface area contributed by atoms with Gasteiger partial charge in [0.2, 0.25) is 11.5 Å². The third-order valence-electron chi connectivity index (χ3n) is 17.9. The lowest BCUT2D eigenvalue weighted by atomic mass is 9.98. The normalized spacial score (nSPS) is 12.5. The summed E-state index contributed by atoms with van der Waals surface area (Å²) < 4.78 is 136. The first-order valence-corrected chi connectivity index (χ1v) is 40.8. The fourth-order valence-corrected chi connectivity index (χ4v) is 11.0. The topological polar surface area (TPSA) is 398 Å². The average Bonchev–Trinajstić information content (AvgIpc) is 0.835. The van der Waals surface area contributed by atoms with Crippen LogP contribution in [0.2, 0.25) is 0 Å². The van der Waals surface area contributed by atoms with Gasteiger partial charge in [0, 0.05) is 12.1 Å². The van der Waals surface area contributed by atoms with Crippen molar-refractivity contribution in [2.75, 3.05) is 100 Å². The molecule has 718 valence electrons. The molecule has 8 atom stereocenters. The summed E-state index contributed by atoms with van der Waals surface area (Å²) >= 11 is 0. The van der Waals surface area contributed by atoms with Crippen molar-refractivity contribution >= 4 is 0 Å². The van der Waals surface area contributed by atoms with Crippen LogP contribution < -0.4 is 37.9 Å². The van der Waals surface area contributed by atoms with E-state index in [9.17, 15) is 117 Å². The first kappa shape index (κ1) is 119. The Morgan fingerprint density at radius 1 is 0.276 bits per heavy atom. The van der Waals surface area contributed by atoms with Crippen molar-refractivity contribution in [2.24, 2.45) is 23.7 Å². The summed E-state index contributed by atoms with van der Waals surface area (Å²) in [5, 5.41) is 154. The second kappa shape index (κ2) is 64.4. The lowest BCUT2D eigenvalue weighted by molar-refractivity contribution is 0.126. The predicted molar refractivity (Wildman–Crippen MR) is 475 cm³/mol. The molecule has 0 heterocycles. The summed E-state index contributed by atoms with van der Waals surface area (Å²) in [6, 6.07) is 31.7. The number of halogens is 8. The van der Waals surface area contributed by atoms with Crippen molar-refractivity contribution in [1.29, 1.82) is 0 Å². The van der Waals surface area contributed by atoms with Crippen LogP contribution >= 0.6 is 0 Å². The van der Waals surface area contributed by atoms with E-state index >= 15 is 0 Å². The maximum absolute atomic E-state index is 12.9. The van der Waals surface area contributed by atoms with E-state index in [0.717, 1.165) is 16.7 Å². The molecule has 0 aliphatic carbocycles. The van der Waals surface area contributed by atoms with Gasteiger partial charge >= 0.3 is 0 Å². The van der Waals surface area contributed by atoms with Gasteiger partial charge in [0.25, 0.3) is 0 Å². The molecule has 0 spiro atoms. The first-order valence-electron chi connectivity index (χ1n) is 40.8. The Bertz CT molecular complexity index is 4270. The highest BCUT2D eigenvalue weighted by Crippen LogP contribution is 2.43. The summed E-state index contributed by atoms with van der Waals surface area (Å²) in [6.07, 6.45) is -2.87. The Balaban J connectivity index is 0. The van der Waals surface area contributed by atoms with Crippen molar-refractivity contribution in [2.45, 2.75) is 186 Å². The van der Waals surface area contributed by atoms with Gasteiger partial charge in [-0.15, -0.1) is 0 Å². The van der Waals surface area contributed by atoms with Crippen LogP contribution in [0.25, 0.3) is 0 Å². The number of methoxy groups -OCH3 is 1. The molecule has 0 aromatic heterocycles. The minimum absolute atomic E-state index is 0. The molecule has 16 N–H and O–H groups in total. The van der Waals surface area contributed by atoms with Gasteiger partial charge in [-0.05, 0) is 210 Å². The number of benzene rings is 8. The van der Waals surface area contributed by atoms with Gasteiger partial charge in [0.05, 0.1) is 55.9 Å². The van der Waals surface area contributed by atoms with Gasteiger partial charge in [0.1, 0.15) is 122 Å². The highest BCUT2D eigenvalue weighted by Gasteiger charge is 2.22. The molecule has 127 heavy (non-hydrogen) atoms. The van der Waals surface area contributed by atoms with E-state index in [1.807, 2.05) is 89.2 Å². The SMILES string of the molecule is C.C.CC(C)C(O)c1cc(O)c(OCCF)c(O)c1.CC(C)[C@H](O)c1cc(O)cc(OCCF)c1.CC(C)[C@H](O)c1ccc(OCCF)c(O)c1.CC[C@H](O)c1cc(C)c(OCCF)c(OC)c1.CC[C@H](O)c1cc(O)c(OCCF)c(O)c1.CC[C@H](O)c1cc(O)cc(OCCF)c1.CC[C@H](O)c1ccc(OCCF)c(O)c1.Cc1cc(C(O)C(C)C)ccc1F. The Labute approximate surface area is 742 Å². The van der Waals surface area contributed by atoms with Gasteiger partial charge in [-0.2, -0.15) is 0 Å². The highest BCUT2D eigenvalue weighted by molar-refractivity contribution is 5.54. The fourth-order valence-electron chi connectivity index (χ4n) is 11.0. The van der Waals surface area contributed by atoms with E-state index in [2.05, 4.69) is 0 Å². The summed E-state index contributed by atoms with van der Waals surface area (Å²) in [5.74, 6) is 0.556. The molecule has 8 aromatic rings. The van der Waals surface area contributed by atoms with Crippen LogP contribution in [0.1, 0.15) is 228 Å². The van der Waals surface area contributed by atoms with Gasteiger partial charge in [-0.1, -0.05) is 122 Å². The molecule has 0 aliphatic heterocycles.